The summed E-state index contributed by atoms with van der Waals surface area (Å²) in [6, 6.07) is 0. The maximum Gasteiger partial charge on any atom is 0.330 e. The van der Waals surface area contributed by atoms with E-state index >= 15 is 0 Å². The highest BCUT2D eigenvalue weighted by Crippen LogP contribution is 2.27. The van der Waals surface area contributed by atoms with Gasteiger partial charge in [-0.15, -0.1) is 0 Å². The number of hydrogen-bond donors (Lipinski definition) is 2. The second kappa shape index (κ2) is 5.66. The van der Waals surface area contributed by atoms with Gasteiger partial charge in [0.25, 0.3) is 5.56 Å². The monoisotopic (exact) mass is 272 g/mol. The van der Waals surface area contributed by atoms with Crippen molar-refractivity contribution in [1.29, 1.82) is 0 Å². The van der Waals surface area contributed by atoms with E-state index in [0.717, 1.165) is 0 Å². The van der Waals surface area contributed by atoms with Gasteiger partial charge in [0.15, 0.2) is 0 Å². The molecular formula is C11H16N2O6. The first-order valence-corrected chi connectivity index (χ1v) is 5.84. The maximum absolute atomic E-state index is 11.7. The molecule has 1 aromatic heterocycles. The smallest absolute Gasteiger partial charge is 0.330 e. The van der Waals surface area contributed by atoms with Crippen LogP contribution in [0.25, 0.3) is 0 Å². The fourth-order valence-electron chi connectivity index (χ4n) is 1.97. The molecule has 0 saturated carbocycles. The highest BCUT2D eigenvalue weighted by atomic mass is 17.2. The normalized spacial score (nSPS) is 26.8. The molecule has 8 heteroatoms. The summed E-state index contributed by atoms with van der Waals surface area (Å²) in [5, 5.41) is 9.81. The van der Waals surface area contributed by atoms with Crippen molar-refractivity contribution < 1.29 is 19.6 Å². The van der Waals surface area contributed by atoms with Crippen LogP contribution in [0.3, 0.4) is 0 Å². The van der Waals surface area contributed by atoms with Crippen LogP contribution in [0.1, 0.15) is 18.2 Å². The van der Waals surface area contributed by atoms with Crippen LogP contribution in [0.4, 0.5) is 0 Å². The van der Waals surface area contributed by atoms with Gasteiger partial charge < -0.3 is 9.84 Å². The van der Waals surface area contributed by atoms with Crippen LogP contribution in [0.2, 0.25) is 0 Å². The lowest BCUT2D eigenvalue weighted by Crippen LogP contribution is -2.33. The van der Waals surface area contributed by atoms with Gasteiger partial charge >= 0.3 is 5.69 Å². The Kier molecular flexibility index (Phi) is 4.15. The van der Waals surface area contributed by atoms with Crippen molar-refractivity contribution in [3.05, 3.63) is 32.6 Å². The molecule has 0 unspecified atom stereocenters. The Morgan fingerprint density at radius 1 is 1.58 bits per heavy atom. The maximum atomic E-state index is 11.7. The lowest BCUT2D eigenvalue weighted by Gasteiger charge is -2.15. The first kappa shape index (κ1) is 13.9. The molecule has 2 N–H and O–H groups in total. The second-order valence-electron chi connectivity index (χ2n) is 4.36. The molecule has 1 fully saturated rings. The Balaban J connectivity index is 2.18. The number of nitrogens with zero attached hydrogens (tertiary/aromatic N) is 1. The minimum atomic E-state index is -0.765. The van der Waals surface area contributed by atoms with E-state index in [1.54, 1.807) is 6.92 Å². The second-order valence-corrected chi connectivity index (χ2v) is 4.36. The molecule has 1 aliphatic rings. The zero-order chi connectivity index (χ0) is 14.0. The summed E-state index contributed by atoms with van der Waals surface area (Å²) >= 11 is 0. The van der Waals surface area contributed by atoms with Crippen LogP contribution < -0.4 is 11.2 Å². The van der Waals surface area contributed by atoms with Gasteiger partial charge in [-0.1, -0.05) is 0 Å². The fraction of sp³-hybridized carbons (Fsp3) is 0.636. The highest BCUT2D eigenvalue weighted by Gasteiger charge is 2.35. The van der Waals surface area contributed by atoms with Crippen LogP contribution in [-0.2, 0) is 14.5 Å². The van der Waals surface area contributed by atoms with E-state index in [0.29, 0.717) is 5.56 Å². The van der Waals surface area contributed by atoms with E-state index < -0.39 is 29.7 Å². The molecule has 2 heterocycles. The Morgan fingerprint density at radius 3 is 3.00 bits per heavy atom. The SMILES string of the molecule is COOC[C@H]1O[C@@H](n2cc(C)c(=O)[nH]c2=O)C[C@@H]1O. The molecule has 0 aromatic carbocycles. The average molecular weight is 272 g/mol. The molecule has 0 radical (unpaired) electrons. The van der Waals surface area contributed by atoms with Crippen LogP contribution in [0.15, 0.2) is 15.8 Å². The number of aromatic nitrogens is 2. The first-order valence-electron chi connectivity index (χ1n) is 5.84. The van der Waals surface area contributed by atoms with E-state index in [4.69, 9.17) is 9.62 Å². The predicted molar refractivity (Wildman–Crippen MR) is 63.6 cm³/mol. The summed E-state index contributed by atoms with van der Waals surface area (Å²) in [6.45, 7) is 1.65. The summed E-state index contributed by atoms with van der Waals surface area (Å²) in [4.78, 5) is 34.3. The van der Waals surface area contributed by atoms with E-state index in [1.807, 2.05) is 0 Å². The molecule has 1 aliphatic heterocycles. The average Bonchev–Trinajstić information content (AvgIpc) is 2.72. The number of aliphatic hydroxyl groups excluding tert-OH is 1. The van der Waals surface area contributed by atoms with Gasteiger partial charge in [-0.2, -0.15) is 0 Å². The third-order valence-electron chi connectivity index (χ3n) is 3.01. The Hall–Kier alpha value is -1.48. The van der Waals surface area contributed by atoms with Crippen molar-refractivity contribution >= 4 is 0 Å². The summed E-state index contributed by atoms with van der Waals surface area (Å²) in [7, 11) is 1.36. The molecule has 1 aromatic rings. The minimum Gasteiger partial charge on any atom is -0.390 e. The van der Waals surface area contributed by atoms with Crippen molar-refractivity contribution in [1.82, 2.24) is 9.55 Å². The van der Waals surface area contributed by atoms with Crippen molar-refractivity contribution in [2.45, 2.75) is 31.8 Å². The molecule has 0 aliphatic carbocycles. The number of aromatic amines is 1. The third-order valence-corrected chi connectivity index (χ3v) is 3.01. The quantitative estimate of drug-likeness (QED) is 0.542. The third kappa shape index (κ3) is 2.92. The Labute approximate surface area is 108 Å². The van der Waals surface area contributed by atoms with Crippen LogP contribution in [0, 0.1) is 6.92 Å². The minimum absolute atomic E-state index is 0.0608. The van der Waals surface area contributed by atoms with E-state index in [1.165, 1.54) is 17.9 Å². The number of rotatable bonds is 4. The first-order chi connectivity index (χ1) is 9.02. The molecule has 0 amide bonds. The Bertz CT molecular complexity index is 551. The number of hydrogen-bond acceptors (Lipinski definition) is 6. The number of H-pyrrole nitrogens is 1. The van der Waals surface area contributed by atoms with Gasteiger partial charge in [0.05, 0.1) is 13.2 Å². The van der Waals surface area contributed by atoms with Crippen LogP contribution >= 0.6 is 0 Å². The number of aliphatic hydroxyl groups is 1. The zero-order valence-corrected chi connectivity index (χ0v) is 10.7. The van der Waals surface area contributed by atoms with Crippen molar-refractivity contribution in [3.63, 3.8) is 0 Å². The van der Waals surface area contributed by atoms with Crippen LogP contribution in [0.5, 0.6) is 0 Å². The molecular weight excluding hydrogens is 256 g/mol. The van der Waals surface area contributed by atoms with E-state index in [9.17, 15) is 14.7 Å². The van der Waals surface area contributed by atoms with Crippen molar-refractivity contribution in [2.24, 2.45) is 0 Å². The molecule has 2 rings (SSSR count). The van der Waals surface area contributed by atoms with Gasteiger partial charge in [-0.3, -0.25) is 14.3 Å². The molecule has 3 atom stereocenters. The molecule has 106 valence electrons. The molecule has 0 bridgehead atoms. The summed E-state index contributed by atoms with van der Waals surface area (Å²) in [5.74, 6) is 0. The summed E-state index contributed by atoms with van der Waals surface area (Å²) < 4.78 is 6.78. The lowest BCUT2D eigenvalue weighted by molar-refractivity contribution is -0.290. The topological polar surface area (TPSA) is 103 Å². The van der Waals surface area contributed by atoms with E-state index in [-0.39, 0.29) is 13.0 Å². The largest absolute Gasteiger partial charge is 0.390 e. The van der Waals surface area contributed by atoms with E-state index in [2.05, 4.69) is 9.87 Å². The number of aryl methyl sites for hydroxylation is 1. The fourth-order valence-corrected chi connectivity index (χ4v) is 1.97. The van der Waals surface area contributed by atoms with Crippen LogP contribution in [-0.4, -0.2) is 40.6 Å². The predicted octanol–water partition coefficient (Wildman–Crippen LogP) is -0.929. The molecule has 19 heavy (non-hydrogen) atoms. The molecule has 8 nitrogen and oxygen atoms in total. The zero-order valence-electron chi connectivity index (χ0n) is 10.7. The number of ether oxygens (including phenoxy) is 1. The van der Waals surface area contributed by atoms with Crippen molar-refractivity contribution in [2.75, 3.05) is 13.7 Å². The lowest BCUT2D eigenvalue weighted by atomic mass is 10.2. The molecule has 0 spiro atoms. The Morgan fingerprint density at radius 2 is 2.32 bits per heavy atom. The van der Waals surface area contributed by atoms with Gasteiger partial charge in [0.1, 0.15) is 18.9 Å². The standard InChI is InChI=1S/C11H16N2O6/c1-6-4-13(11(16)12-10(6)15)9-3-7(14)8(19-9)5-18-17-2/h4,7-9,14H,3,5H2,1-2H3,(H,12,15,16)/t7-,8+,9+/m0/s1. The molecule has 1 saturated heterocycles. The van der Waals surface area contributed by atoms with Gasteiger partial charge in [0.2, 0.25) is 0 Å². The summed E-state index contributed by atoms with van der Waals surface area (Å²) in [6.07, 6.45) is -0.326. The highest BCUT2D eigenvalue weighted by molar-refractivity contribution is 5.02. The van der Waals surface area contributed by atoms with Gasteiger partial charge in [-0.25, -0.2) is 14.6 Å². The number of nitrogens with one attached hydrogen (secondary N) is 1. The summed E-state index contributed by atoms with van der Waals surface area (Å²) in [5.41, 5.74) is -0.602. The van der Waals surface area contributed by atoms with Gasteiger partial charge in [-0.05, 0) is 6.92 Å². The van der Waals surface area contributed by atoms with Crippen molar-refractivity contribution in [3.8, 4) is 0 Å². The van der Waals surface area contributed by atoms with Gasteiger partial charge in [0, 0.05) is 18.2 Å².